The molecule has 0 spiro atoms. The van der Waals surface area contributed by atoms with Gasteiger partial charge in [0.2, 0.25) is 0 Å². The number of aromatic nitrogens is 1. The lowest BCUT2D eigenvalue weighted by atomic mass is 10.3. The molecule has 0 saturated heterocycles. The standard InChI is InChI=1S/C15H15N3O3/c1-2-14(19)21-12-8-6-11(7-9-12)17-15(20)18-13-5-3-4-10-16-13/h3-10H,2H2,1H3,(H2,16,17,18,20). The number of hydrogen-bond donors (Lipinski definition) is 2. The number of benzene rings is 1. The van der Waals surface area contributed by atoms with E-state index < -0.39 is 6.03 Å². The summed E-state index contributed by atoms with van der Waals surface area (Å²) in [5.41, 5.74) is 0.583. The maximum atomic E-state index is 11.7. The van der Waals surface area contributed by atoms with Gasteiger partial charge in [-0.2, -0.15) is 0 Å². The van der Waals surface area contributed by atoms with Gasteiger partial charge in [-0.05, 0) is 36.4 Å². The zero-order valence-electron chi connectivity index (χ0n) is 11.5. The number of pyridine rings is 1. The van der Waals surface area contributed by atoms with Gasteiger partial charge in [0.15, 0.2) is 0 Å². The number of carbonyl (C=O) groups is 2. The van der Waals surface area contributed by atoms with Crippen LogP contribution in [0.2, 0.25) is 0 Å². The number of carbonyl (C=O) groups excluding carboxylic acids is 2. The summed E-state index contributed by atoms with van der Waals surface area (Å²) in [4.78, 5) is 26.9. The molecule has 21 heavy (non-hydrogen) atoms. The number of ether oxygens (including phenoxy) is 1. The zero-order chi connectivity index (χ0) is 15.1. The molecule has 2 N–H and O–H groups in total. The number of urea groups is 1. The lowest BCUT2D eigenvalue weighted by Crippen LogP contribution is -2.19. The zero-order valence-corrected chi connectivity index (χ0v) is 11.5. The highest BCUT2D eigenvalue weighted by Crippen LogP contribution is 2.16. The van der Waals surface area contributed by atoms with Crippen LogP contribution in [0, 0.1) is 0 Å². The second kappa shape index (κ2) is 7.04. The highest BCUT2D eigenvalue weighted by atomic mass is 16.5. The Bertz CT molecular complexity index is 612. The van der Waals surface area contributed by atoms with E-state index in [1.807, 2.05) is 0 Å². The van der Waals surface area contributed by atoms with Crippen LogP contribution >= 0.6 is 0 Å². The molecule has 0 aliphatic heterocycles. The molecule has 108 valence electrons. The third-order valence-electron chi connectivity index (χ3n) is 2.54. The molecule has 2 rings (SSSR count). The van der Waals surface area contributed by atoms with Crippen molar-refractivity contribution in [3.8, 4) is 5.75 Å². The van der Waals surface area contributed by atoms with E-state index in [2.05, 4.69) is 15.6 Å². The molecule has 1 aromatic carbocycles. The van der Waals surface area contributed by atoms with Gasteiger partial charge in [-0.15, -0.1) is 0 Å². The summed E-state index contributed by atoms with van der Waals surface area (Å²) in [6.45, 7) is 1.72. The van der Waals surface area contributed by atoms with Crippen molar-refractivity contribution >= 4 is 23.5 Å². The van der Waals surface area contributed by atoms with Gasteiger partial charge < -0.3 is 10.1 Å². The van der Waals surface area contributed by atoms with Crippen LogP contribution in [0.3, 0.4) is 0 Å². The van der Waals surface area contributed by atoms with Crippen molar-refractivity contribution < 1.29 is 14.3 Å². The topological polar surface area (TPSA) is 80.3 Å². The highest BCUT2D eigenvalue weighted by Gasteiger charge is 2.04. The molecule has 0 atom stereocenters. The number of amides is 2. The molecular formula is C15H15N3O3. The summed E-state index contributed by atoms with van der Waals surface area (Å²) in [6.07, 6.45) is 1.90. The molecule has 0 unspecified atom stereocenters. The first-order chi connectivity index (χ1) is 10.2. The van der Waals surface area contributed by atoms with E-state index in [9.17, 15) is 9.59 Å². The van der Waals surface area contributed by atoms with Crippen LogP contribution in [0.5, 0.6) is 5.75 Å². The largest absolute Gasteiger partial charge is 0.427 e. The fourth-order valence-corrected chi connectivity index (χ4v) is 1.53. The Hall–Kier alpha value is -2.89. The van der Waals surface area contributed by atoms with Crippen LogP contribution in [0.1, 0.15) is 13.3 Å². The fourth-order valence-electron chi connectivity index (χ4n) is 1.53. The first-order valence-electron chi connectivity index (χ1n) is 6.47. The van der Waals surface area contributed by atoms with Gasteiger partial charge >= 0.3 is 12.0 Å². The summed E-state index contributed by atoms with van der Waals surface area (Å²) in [5.74, 6) is 0.602. The molecule has 0 fully saturated rings. The Morgan fingerprint density at radius 3 is 2.48 bits per heavy atom. The van der Waals surface area contributed by atoms with E-state index in [0.29, 0.717) is 23.7 Å². The molecule has 0 aliphatic carbocycles. The van der Waals surface area contributed by atoms with E-state index in [1.165, 1.54) is 0 Å². The molecule has 2 amide bonds. The fraction of sp³-hybridized carbons (Fsp3) is 0.133. The lowest BCUT2D eigenvalue weighted by molar-refractivity contribution is -0.134. The summed E-state index contributed by atoms with van der Waals surface area (Å²) in [5, 5.41) is 5.25. The minimum absolute atomic E-state index is 0.302. The van der Waals surface area contributed by atoms with Gasteiger partial charge in [0.05, 0.1) is 0 Å². The molecule has 6 heteroatoms. The first kappa shape index (κ1) is 14.5. The Balaban J connectivity index is 1.91. The van der Waals surface area contributed by atoms with Crippen molar-refractivity contribution in [2.45, 2.75) is 13.3 Å². The van der Waals surface area contributed by atoms with Gasteiger partial charge in [0, 0.05) is 18.3 Å². The quantitative estimate of drug-likeness (QED) is 0.668. The van der Waals surface area contributed by atoms with Crippen LogP contribution in [0.4, 0.5) is 16.3 Å². The third kappa shape index (κ3) is 4.61. The normalized spacial score (nSPS) is 9.76. The van der Waals surface area contributed by atoms with Crippen LogP contribution in [-0.4, -0.2) is 17.0 Å². The average Bonchev–Trinajstić information content (AvgIpc) is 2.50. The molecule has 2 aromatic rings. The SMILES string of the molecule is CCC(=O)Oc1ccc(NC(=O)Nc2ccccn2)cc1. The van der Waals surface area contributed by atoms with Gasteiger partial charge in [0.1, 0.15) is 11.6 Å². The molecule has 1 aromatic heterocycles. The Kier molecular flexibility index (Phi) is 4.87. The van der Waals surface area contributed by atoms with Crippen LogP contribution in [0.15, 0.2) is 48.7 Å². The predicted octanol–water partition coefficient (Wildman–Crippen LogP) is 3.04. The highest BCUT2D eigenvalue weighted by molar-refractivity contribution is 5.99. The number of rotatable bonds is 4. The van der Waals surface area contributed by atoms with Crippen molar-refractivity contribution in [1.82, 2.24) is 4.98 Å². The Labute approximate surface area is 122 Å². The molecular weight excluding hydrogens is 270 g/mol. The Morgan fingerprint density at radius 2 is 1.86 bits per heavy atom. The monoisotopic (exact) mass is 285 g/mol. The van der Waals surface area contributed by atoms with E-state index in [0.717, 1.165) is 0 Å². The smallest absolute Gasteiger partial charge is 0.324 e. The minimum atomic E-state index is -0.396. The van der Waals surface area contributed by atoms with Crippen molar-refractivity contribution in [3.63, 3.8) is 0 Å². The summed E-state index contributed by atoms with van der Waals surface area (Å²) >= 11 is 0. The average molecular weight is 285 g/mol. The van der Waals surface area contributed by atoms with E-state index in [1.54, 1.807) is 55.6 Å². The van der Waals surface area contributed by atoms with Gasteiger partial charge in [-0.3, -0.25) is 10.1 Å². The van der Waals surface area contributed by atoms with Gasteiger partial charge in [0.25, 0.3) is 0 Å². The third-order valence-corrected chi connectivity index (χ3v) is 2.54. The predicted molar refractivity (Wildman–Crippen MR) is 79.2 cm³/mol. The summed E-state index contributed by atoms with van der Waals surface area (Å²) in [6, 6.07) is 11.4. The van der Waals surface area contributed by atoms with E-state index >= 15 is 0 Å². The van der Waals surface area contributed by atoms with E-state index in [-0.39, 0.29) is 5.97 Å². The number of nitrogens with one attached hydrogen (secondary N) is 2. The van der Waals surface area contributed by atoms with Crippen LogP contribution in [0.25, 0.3) is 0 Å². The number of hydrogen-bond acceptors (Lipinski definition) is 4. The molecule has 1 heterocycles. The maximum Gasteiger partial charge on any atom is 0.324 e. The van der Waals surface area contributed by atoms with Crippen molar-refractivity contribution in [3.05, 3.63) is 48.7 Å². The maximum absolute atomic E-state index is 11.7. The number of anilines is 2. The lowest BCUT2D eigenvalue weighted by Gasteiger charge is -2.08. The van der Waals surface area contributed by atoms with Gasteiger partial charge in [-0.25, -0.2) is 9.78 Å². The molecule has 0 bridgehead atoms. The minimum Gasteiger partial charge on any atom is -0.427 e. The van der Waals surface area contributed by atoms with Crippen molar-refractivity contribution in [2.24, 2.45) is 0 Å². The molecule has 0 aliphatic rings. The molecule has 0 radical (unpaired) electrons. The number of esters is 1. The molecule has 0 saturated carbocycles. The van der Waals surface area contributed by atoms with E-state index in [4.69, 9.17) is 4.74 Å². The van der Waals surface area contributed by atoms with Crippen LogP contribution in [-0.2, 0) is 4.79 Å². The first-order valence-corrected chi connectivity index (χ1v) is 6.47. The van der Waals surface area contributed by atoms with Crippen molar-refractivity contribution in [2.75, 3.05) is 10.6 Å². The second-order valence-electron chi connectivity index (χ2n) is 4.15. The Morgan fingerprint density at radius 1 is 1.10 bits per heavy atom. The van der Waals surface area contributed by atoms with Crippen LogP contribution < -0.4 is 15.4 Å². The van der Waals surface area contributed by atoms with Crippen molar-refractivity contribution in [1.29, 1.82) is 0 Å². The van der Waals surface area contributed by atoms with Gasteiger partial charge in [-0.1, -0.05) is 13.0 Å². The summed E-state index contributed by atoms with van der Waals surface area (Å²) < 4.78 is 5.04. The molecule has 6 nitrogen and oxygen atoms in total. The second-order valence-corrected chi connectivity index (χ2v) is 4.15. The summed E-state index contributed by atoms with van der Waals surface area (Å²) in [7, 11) is 0. The number of nitrogens with zero attached hydrogens (tertiary/aromatic N) is 1.